The minimum absolute atomic E-state index is 0.0786. The van der Waals surface area contributed by atoms with Gasteiger partial charge in [0.2, 0.25) is 0 Å². The van der Waals surface area contributed by atoms with Gasteiger partial charge in [-0.15, -0.1) is 0 Å². The molecule has 6 rings (SSSR count). The molecule has 2 fully saturated rings. The number of hydrogen-bond donors (Lipinski definition) is 0. The molecule has 1 aliphatic carbocycles. The van der Waals surface area contributed by atoms with E-state index in [2.05, 4.69) is 22.1 Å². The molecule has 1 saturated carbocycles. The third-order valence-electron chi connectivity index (χ3n) is 6.96. The summed E-state index contributed by atoms with van der Waals surface area (Å²) in [7, 11) is 0. The van der Waals surface area contributed by atoms with Crippen LogP contribution in [0.5, 0.6) is 0 Å². The monoisotopic (exact) mass is 451 g/mol. The lowest BCUT2D eigenvalue weighted by Crippen LogP contribution is -2.49. The summed E-state index contributed by atoms with van der Waals surface area (Å²) in [6.45, 7) is 5.25. The fraction of sp³-hybridized carbons (Fsp3) is 0.321. The SMILES string of the molecule is O=C(c1cc(-c2ccccc2)nc2c1cnn2Cc1ccccc1)N1CCN(CC2CC2)CC1. The summed E-state index contributed by atoms with van der Waals surface area (Å²) < 4.78 is 1.90. The molecule has 1 aliphatic heterocycles. The van der Waals surface area contributed by atoms with E-state index in [9.17, 15) is 4.79 Å². The molecule has 2 aromatic heterocycles. The number of nitrogens with zero attached hydrogens (tertiary/aromatic N) is 5. The smallest absolute Gasteiger partial charge is 0.254 e. The van der Waals surface area contributed by atoms with E-state index in [-0.39, 0.29) is 5.91 Å². The Morgan fingerprint density at radius 3 is 2.32 bits per heavy atom. The van der Waals surface area contributed by atoms with Crippen molar-refractivity contribution >= 4 is 16.9 Å². The summed E-state index contributed by atoms with van der Waals surface area (Å²) in [6.07, 6.45) is 4.53. The minimum atomic E-state index is 0.0786. The van der Waals surface area contributed by atoms with Gasteiger partial charge in [-0.2, -0.15) is 5.10 Å². The second-order valence-corrected chi connectivity index (χ2v) is 9.48. The molecule has 6 heteroatoms. The van der Waals surface area contributed by atoms with Gasteiger partial charge in [-0.05, 0) is 30.4 Å². The van der Waals surface area contributed by atoms with Crippen molar-refractivity contribution in [2.45, 2.75) is 19.4 Å². The lowest BCUT2D eigenvalue weighted by atomic mass is 10.1. The Bertz CT molecular complexity index is 1290. The fourth-order valence-corrected chi connectivity index (χ4v) is 4.82. The Hall–Kier alpha value is -3.51. The molecular formula is C28H29N5O. The van der Waals surface area contributed by atoms with Gasteiger partial charge in [0.1, 0.15) is 0 Å². The van der Waals surface area contributed by atoms with Crippen LogP contribution < -0.4 is 0 Å². The van der Waals surface area contributed by atoms with E-state index < -0.39 is 0 Å². The zero-order chi connectivity index (χ0) is 22.9. The van der Waals surface area contributed by atoms with Gasteiger partial charge < -0.3 is 4.90 Å². The average Bonchev–Trinajstić information content (AvgIpc) is 3.62. The summed E-state index contributed by atoms with van der Waals surface area (Å²) >= 11 is 0. The summed E-state index contributed by atoms with van der Waals surface area (Å²) in [5.74, 6) is 0.959. The van der Waals surface area contributed by atoms with Crippen LogP contribution in [0.1, 0.15) is 28.8 Å². The first-order chi connectivity index (χ1) is 16.7. The Morgan fingerprint density at radius 1 is 0.912 bits per heavy atom. The molecule has 1 saturated heterocycles. The highest BCUT2D eigenvalue weighted by atomic mass is 16.2. The molecular weight excluding hydrogens is 422 g/mol. The number of carbonyl (C=O) groups excluding carboxylic acids is 1. The van der Waals surface area contributed by atoms with E-state index in [1.165, 1.54) is 19.4 Å². The van der Waals surface area contributed by atoms with Gasteiger partial charge >= 0.3 is 0 Å². The molecule has 3 heterocycles. The average molecular weight is 452 g/mol. The van der Waals surface area contributed by atoms with Gasteiger partial charge in [0, 0.05) is 38.3 Å². The van der Waals surface area contributed by atoms with Crippen molar-refractivity contribution in [3.8, 4) is 11.3 Å². The van der Waals surface area contributed by atoms with Crippen LogP contribution in [0.15, 0.2) is 72.9 Å². The number of fused-ring (bicyclic) bond motifs is 1. The Labute approximate surface area is 199 Å². The maximum absolute atomic E-state index is 13.7. The minimum Gasteiger partial charge on any atom is -0.336 e. The zero-order valence-electron chi connectivity index (χ0n) is 19.3. The first-order valence-electron chi connectivity index (χ1n) is 12.2. The highest BCUT2D eigenvalue weighted by molar-refractivity contribution is 6.06. The van der Waals surface area contributed by atoms with Crippen molar-refractivity contribution in [2.75, 3.05) is 32.7 Å². The second kappa shape index (κ2) is 9.03. The van der Waals surface area contributed by atoms with E-state index in [0.29, 0.717) is 12.1 Å². The van der Waals surface area contributed by atoms with Crippen LogP contribution >= 0.6 is 0 Å². The van der Waals surface area contributed by atoms with Crippen molar-refractivity contribution in [2.24, 2.45) is 5.92 Å². The van der Waals surface area contributed by atoms with Crippen LogP contribution in [0.2, 0.25) is 0 Å². The predicted octanol–water partition coefficient (Wildman–Crippen LogP) is 4.31. The summed E-state index contributed by atoms with van der Waals surface area (Å²) in [4.78, 5) is 23.2. The van der Waals surface area contributed by atoms with Crippen LogP contribution in [-0.2, 0) is 6.54 Å². The van der Waals surface area contributed by atoms with Crippen LogP contribution in [0.4, 0.5) is 0 Å². The predicted molar refractivity (Wildman–Crippen MR) is 134 cm³/mol. The highest BCUT2D eigenvalue weighted by Crippen LogP contribution is 2.30. The molecule has 0 atom stereocenters. The second-order valence-electron chi connectivity index (χ2n) is 9.48. The number of amides is 1. The Balaban J connectivity index is 1.35. The molecule has 34 heavy (non-hydrogen) atoms. The van der Waals surface area contributed by atoms with Crippen molar-refractivity contribution in [3.05, 3.63) is 84.1 Å². The van der Waals surface area contributed by atoms with Gasteiger partial charge in [-0.1, -0.05) is 60.7 Å². The summed E-state index contributed by atoms with van der Waals surface area (Å²) in [5.41, 5.74) is 4.40. The molecule has 4 aromatic rings. The molecule has 2 aliphatic rings. The molecule has 0 spiro atoms. The Morgan fingerprint density at radius 2 is 1.62 bits per heavy atom. The van der Waals surface area contributed by atoms with Gasteiger partial charge in [-0.3, -0.25) is 9.69 Å². The van der Waals surface area contributed by atoms with Crippen LogP contribution in [0.25, 0.3) is 22.3 Å². The van der Waals surface area contributed by atoms with Crippen molar-refractivity contribution in [3.63, 3.8) is 0 Å². The lowest BCUT2D eigenvalue weighted by molar-refractivity contribution is 0.0634. The quantitative estimate of drug-likeness (QED) is 0.438. The third-order valence-corrected chi connectivity index (χ3v) is 6.96. The first kappa shape index (κ1) is 21.1. The van der Waals surface area contributed by atoms with E-state index in [1.54, 1.807) is 6.20 Å². The van der Waals surface area contributed by atoms with E-state index in [0.717, 1.165) is 60.0 Å². The number of pyridine rings is 1. The number of piperazine rings is 1. The van der Waals surface area contributed by atoms with Crippen molar-refractivity contribution in [1.29, 1.82) is 0 Å². The summed E-state index contributed by atoms with van der Waals surface area (Å²) in [6, 6.07) is 22.3. The third kappa shape index (κ3) is 4.33. The standard InChI is InChI=1S/C28H29N5O/c34-28(32-15-13-31(14-16-32)19-22-11-12-22)24-17-26(23-9-5-2-6-10-23)30-27-25(24)18-29-33(27)20-21-7-3-1-4-8-21/h1-10,17-18,22H,11-16,19-20H2. The number of carbonyl (C=O) groups is 1. The number of benzene rings is 2. The largest absolute Gasteiger partial charge is 0.336 e. The number of rotatable bonds is 6. The molecule has 1 amide bonds. The molecule has 0 radical (unpaired) electrons. The zero-order valence-corrected chi connectivity index (χ0v) is 19.3. The van der Waals surface area contributed by atoms with Crippen LogP contribution in [0.3, 0.4) is 0 Å². The number of hydrogen-bond acceptors (Lipinski definition) is 4. The summed E-state index contributed by atoms with van der Waals surface area (Å²) in [5, 5.41) is 5.46. The fourth-order valence-electron chi connectivity index (χ4n) is 4.82. The van der Waals surface area contributed by atoms with Crippen LogP contribution in [0, 0.1) is 5.92 Å². The van der Waals surface area contributed by atoms with Crippen molar-refractivity contribution in [1.82, 2.24) is 24.6 Å². The topological polar surface area (TPSA) is 54.3 Å². The molecule has 0 unspecified atom stereocenters. The highest BCUT2D eigenvalue weighted by Gasteiger charge is 2.29. The first-order valence-corrected chi connectivity index (χ1v) is 12.2. The molecule has 6 nitrogen and oxygen atoms in total. The molecule has 0 N–H and O–H groups in total. The van der Waals surface area contributed by atoms with E-state index in [4.69, 9.17) is 4.98 Å². The maximum atomic E-state index is 13.7. The van der Waals surface area contributed by atoms with Gasteiger partial charge in [0.25, 0.3) is 5.91 Å². The molecule has 2 aromatic carbocycles. The van der Waals surface area contributed by atoms with Crippen molar-refractivity contribution < 1.29 is 4.79 Å². The number of aromatic nitrogens is 3. The molecule has 0 bridgehead atoms. The molecule has 172 valence electrons. The maximum Gasteiger partial charge on any atom is 0.254 e. The van der Waals surface area contributed by atoms with Gasteiger partial charge in [-0.25, -0.2) is 9.67 Å². The Kier molecular flexibility index (Phi) is 5.59. The normalized spacial score (nSPS) is 16.8. The van der Waals surface area contributed by atoms with Gasteiger partial charge in [0.05, 0.1) is 29.4 Å². The van der Waals surface area contributed by atoms with E-state index in [1.807, 2.05) is 64.2 Å². The van der Waals surface area contributed by atoms with E-state index >= 15 is 0 Å². The van der Waals surface area contributed by atoms with Gasteiger partial charge in [0.15, 0.2) is 5.65 Å². The lowest BCUT2D eigenvalue weighted by Gasteiger charge is -2.35. The van der Waals surface area contributed by atoms with Crippen LogP contribution in [-0.4, -0.2) is 63.2 Å².